The number of allylic oxidation sites excluding steroid dienone is 1. The second kappa shape index (κ2) is 6.98. The van der Waals surface area contributed by atoms with Crippen LogP contribution >= 0.6 is 0 Å². The number of likely N-dealkylation sites (tertiary alicyclic amines) is 1. The van der Waals surface area contributed by atoms with Gasteiger partial charge < -0.3 is 14.7 Å². The molecule has 1 saturated heterocycles. The molecule has 1 aliphatic heterocycles. The van der Waals surface area contributed by atoms with E-state index in [0.29, 0.717) is 18.9 Å². The molecule has 1 saturated carbocycles. The summed E-state index contributed by atoms with van der Waals surface area (Å²) in [6.07, 6.45) is 10.9. The number of hydrogen-bond donors (Lipinski definition) is 1. The van der Waals surface area contributed by atoms with Gasteiger partial charge in [-0.15, -0.1) is 0 Å². The van der Waals surface area contributed by atoms with Crippen LogP contribution < -0.4 is 5.32 Å². The molecule has 1 aromatic heterocycles. The van der Waals surface area contributed by atoms with Gasteiger partial charge in [0.1, 0.15) is 6.04 Å². The summed E-state index contributed by atoms with van der Waals surface area (Å²) in [6, 6.07) is 0.0504. The molecule has 1 unspecified atom stereocenters. The smallest absolute Gasteiger partial charge is 0.292 e. The lowest BCUT2D eigenvalue weighted by molar-refractivity contribution is -0.131. The van der Waals surface area contributed by atoms with E-state index >= 15 is 0 Å². The summed E-state index contributed by atoms with van der Waals surface area (Å²) in [7, 11) is 0. The highest BCUT2D eigenvalue weighted by Crippen LogP contribution is 2.33. The van der Waals surface area contributed by atoms with Crippen LogP contribution in [0.4, 0.5) is 0 Å². The summed E-state index contributed by atoms with van der Waals surface area (Å²) in [5.41, 5.74) is 1.25. The van der Waals surface area contributed by atoms with Gasteiger partial charge in [0.25, 0.3) is 11.7 Å². The second-order valence-electron chi connectivity index (χ2n) is 7.23. The van der Waals surface area contributed by atoms with Crippen LogP contribution in [-0.4, -0.2) is 39.4 Å². The monoisotopic (exact) mass is 344 g/mol. The standard InChI is InChI=1S/C18H24N4O3/c23-15(11-12-5-2-1-3-6-12)22-10-4-7-14(22)18-20-16(21-25-18)17(24)19-13-8-9-13/h5,13-14H,1-4,6-11H2,(H,19,24). The maximum absolute atomic E-state index is 12.7. The first-order valence-electron chi connectivity index (χ1n) is 9.32. The van der Waals surface area contributed by atoms with Crippen molar-refractivity contribution in [2.24, 2.45) is 0 Å². The van der Waals surface area contributed by atoms with E-state index in [9.17, 15) is 9.59 Å². The van der Waals surface area contributed by atoms with Crippen molar-refractivity contribution in [3.8, 4) is 0 Å². The highest BCUT2D eigenvalue weighted by Gasteiger charge is 2.35. The van der Waals surface area contributed by atoms with Crippen molar-refractivity contribution in [3.63, 3.8) is 0 Å². The third-order valence-electron chi connectivity index (χ3n) is 5.18. The summed E-state index contributed by atoms with van der Waals surface area (Å²) in [4.78, 5) is 30.8. The Morgan fingerprint density at radius 1 is 1.24 bits per heavy atom. The van der Waals surface area contributed by atoms with Crippen molar-refractivity contribution in [1.82, 2.24) is 20.4 Å². The molecule has 0 aromatic carbocycles. The van der Waals surface area contributed by atoms with E-state index in [2.05, 4.69) is 21.5 Å². The number of hydrogen-bond acceptors (Lipinski definition) is 5. The van der Waals surface area contributed by atoms with Gasteiger partial charge in [-0.25, -0.2) is 0 Å². The molecule has 2 amide bonds. The summed E-state index contributed by atoms with van der Waals surface area (Å²) in [5, 5.41) is 6.65. The Labute approximate surface area is 146 Å². The molecule has 2 aliphatic carbocycles. The third-order valence-corrected chi connectivity index (χ3v) is 5.18. The lowest BCUT2D eigenvalue weighted by atomic mass is 9.97. The summed E-state index contributed by atoms with van der Waals surface area (Å²) < 4.78 is 5.31. The zero-order chi connectivity index (χ0) is 17.2. The van der Waals surface area contributed by atoms with Crippen molar-refractivity contribution in [3.05, 3.63) is 23.4 Å². The Kier molecular flexibility index (Phi) is 4.55. The highest BCUT2D eigenvalue weighted by atomic mass is 16.5. The van der Waals surface area contributed by atoms with Crippen LogP contribution in [-0.2, 0) is 4.79 Å². The molecular formula is C18H24N4O3. The van der Waals surface area contributed by atoms with Gasteiger partial charge in [-0.1, -0.05) is 16.8 Å². The van der Waals surface area contributed by atoms with E-state index in [-0.39, 0.29) is 29.7 Å². The number of nitrogens with one attached hydrogen (secondary N) is 1. The fourth-order valence-electron chi connectivity index (χ4n) is 3.62. The predicted molar refractivity (Wildman–Crippen MR) is 89.6 cm³/mol. The Hall–Kier alpha value is -2.18. The highest BCUT2D eigenvalue weighted by molar-refractivity contribution is 5.90. The van der Waals surface area contributed by atoms with E-state index in [1.54, 1.807) is 0 Å². The minimum absolute atomic E-state index is 0.0659. The van der Waals surface area contributed by atoms with E-state index in [4.69, 9.17) is 4.52 Å². The van der Waals surface area contributed by atoms with Crippen LogP contribution in [0.3, 0.4) is 0 Å². The SMILES string of the molecule is O=C(NC1CC1)c1noc(C2CCCN2C(=O)CC2=CCCCC2)n1. The molecule has 2 heterocycles. The van der Waals surface area contributed by atoms with Gasteiger partial charge in [-0.2, -0.15) is 4.98 Å². The molecule has 25 heavy (non-hydrogen) atoms. The van der Waals surface area contributed by atoms with Crippen LogP contribution in [0.2, 0.25) is 0 Å². The Morgan fingerprint density at radius 2 is 2.12 bits per heavy atom. The average Bonchev–Trinajstić information content (AvgIpc) is 3.12. The van der Waals surface area contributed by atoms with E-state index in [1.165, 1.54) is 18.4 Å². The van der Waals surface area contributed by atoms with Gasteiger partial charge >= 0.3 is 0 Å². The van der Waals surface area contributed by atoms with Crippen molar-refractivity contribution in [2.75, 3.05) is 6.54 Å². The van der Waals surface area contributed by atoms with E-state index < -0.39 is 0 Å². The summed E-state index contributed by atoms with van der Waals surface area (Å²) >= 11 is 0. The Balaban J connectivity index is 1.42. The van der Waals surface area contributed by atoms with Gasteiger partial charge in [-0.05, 0) is 51.4 Å². The normalized spacial score (nSPS) is 23.4. The predicted octanol–water partition coefficient (Wildman–Crippen LogP) is 2.52. The Bertz CT molecular complexity index is 692. The fraction of sp³-hybridized carbons (Fsp3) is 0.667. The van der Waals surface area contributed by atoms with Gasteiger partial charge in [0.2, 0.25) is 11.8 Å². The average molecular weight is 344 g/mol. The molecule has 7 heteroatoms. The fourth-order valence-corrected chi connectivity index (χ4v) is 3.62. The molecule has 2 fully saturated rings. The van der Waals surface area contributed by atoms with Crippen molar-refractivity contribution >= 4 is 11.8 Å². The lowest BCUT2D eigenvalue weighted by Gasteiger charge is -2.23. The number of carbonyl (C=O) groups is 2. The quantitative estimate of drug-likeness (QED) is 0.829. The van der Waals surface area contributed by atoms with Crippen LogP contribution in [0, 0.1) is 0 Å². The molecule has 1 aromatic rings. The van der Waals surface area contributed by atoms with Crippen LogP contribution in [0.1, 0.15) is 80.3 Å². The lowest BCUT2D eigenvalue weighted by Crippen LogP contribution is -2.31. The third kappa shape index (κ3) is 3.75. The van der Waals surface area contributed by atoms with E-state index in [0.717, 1.165) is 38.5 Å². The van der Waals surface area contributed by atoms with Crippen molar-refractivity contribution in [1.29, 1.82) is 0 Å². The molecule has 4 rings (SSSR count). The maximum atomic E-state index is 12.7. The van der Waals surface area contributed by atoms with Crippen molar-refractivity contribution in [2.45, 2.75) is 69.9 Å². The summed E-state index contributed by atoms with van der Waals surface area (Å²) in [5.74, 6) is 0.277. The minimum atomic E-state index is -0.291. The largest absolute Gasteiger partial charge is 0.346 e. The molecular weight excluding hydrogens is 320 g/mol. The number of rotatable bonds is 5. The van der Waals surface area contributed by atoms with Gasteiger partial charge in [-0.3, -0.25) is 9.59 Å². The van der Waals surface area contributed by atoms with Gasteiger partial charge in [0.15, 0.2) is 0 Å². The molecule has 1 atom stereocenters. The number of nitrogens with zero attached hydrogens (tertiary/aromatic N) is 3. The van der Waals surface area contributed by atoms with Gasteiger partial charge in [0, 0.05) is 19.0 Å². The second-order valence-corrected chi connectivity index (χ2v) is 7.23. The molecule has 3 aliphatic rings. The number of carbonyl (C=O) groups excluding carboxylic acids is 2. The van der Waals surface area contributed by atoms with Crippen LogP contribution in [0.25, 0.3) is 0 Å². The minimum Gasteiger partial charge on any atom is -0.346 e. The van der Waals surface area contributed by atoms with Crippen LogP contribution in [0.5, 0.6) is 0 Å². The molecule has 0 radical (unpaired) electrons. The van der Waals surface area contributed by atoms with Crippen molar-refractivity contribution < 1.29 is 14.1 Å². The van der Waals surface area contributed by atoms with Gasteiger partial charge in [0.05, 0.1) is 0 Å². The molecule has 0 spiro atoms. The Morgan fingerprint density at radius 3 is 2.88 bits per heavy atom. The first-order valence-corrected chi connectivity index (χ1v) is 9.32. The number of aromatic nitrogens is 2. The topological polar surface area (TPSA) is 88.3 Å². The molecule has 0 bridgehead atoms. The molecule has 7 nitrogen and oxygen atoms in total. The first kappa shape index (κ1) is 16.3. The zero-order valence-electron chi connectivity index (χ0n) is 14.4. The van der Waals surface area contributed by atoms with Crippen LogP contribution in [0.15, 0.2) is 16.2 Å². The summed E-state index contributed by atoms with van der Waals surface area (Å²) in [6.45, 7) is 0.711. The first-order chi connectivity index (χ1) is 12.2. The molecule has 134 valence electrons. The van der Waals surface area contributed by atoms with E-state index in [1.807, 2.05) is 4.90 Å². The zero-order valence-corrected chi connectivity index (χ0v) is 14.4. The maximum Gasteiger partial charge on any atom is 0.292 e. The number of amides is 2. The molecule has 1 N–H and O–H groups in total.